The van der Waals surface area contributed by atoms with E-state index in [0.717, 1.165) is 12.0 Å². The topological polar surface area (TPSA) is 26.3 Å². The van der Waals surface area contributed by atoms with Gasteiger partial charge in [-0.05, 0) is 30.0 Å². The molecular formula is C19H20O2. The van der Waals surface area contributed by atoms with E-state index in [9.17, 15) is 4.79 Å². The van der Waals surface area contributed by atoms with Crippen LogP contribution in [0.1, 0.15) is 30.0 Å². The van der Waals surface area contributed by atoms with E-state index in [1.165, 1.54) is 11.1 Å². The second-order valence-electron chi connectivity index (χ2n) is 4.82. The van der Waals surface area contributed by atoms with Crippen LogP contribution in [0.15, 0.2) is 60.7 Å². The molecule has 21 heavy (non-hydrogen) atoms. The van der Waals surface area contributed by atoms with Crippen molar-refractivity contribution in [3.8, 4) is 0 Å². The number of carbonyl (C=O) groups is 1. The fourth-order valence-corrected chi connectivity index (χ4v) is 2.09. The molecule has 2 nitrogen and oxygen atoms in total. The zero-order valence-electron chi connectivity index (χ0n) is 12.3. The molecule has 108 valence electrons. The van der Waals surface area contributed by atoms with E-state index in [-0.39, 0.29) is 5.97 Å². The van der Waals surface area contributed by atoms with Gasteiger partial charge >= 0.3 is 5.97 Å². The molecule has 0 saturated heterocycles. The van der Waals surface area contributed by atoms with Crippen molar-refractivity contribution in [1.29, 1.82) is 0 Å². The largest absolute Gasteiger partial charge is 0.466 e. The number of hydrogen-bond donors (Lipinski definition) is 0. The lowest BCUT2D eigenvalue weighted by molar-refractivity contribution is -0.142. The zero-order chi connectivity index (χ0) is 14.9. The lowest BCUT2D eigenvalue weighted by atomic mass is 10.0. The van der Waals surface area contributed by atoms with Gasteiger partial charge < -0.3 is 4.74 Å². The molecule has 0 aliphatic rings. The molecule has 0 aliphatic heterocycles. The molecule has 0 saturated carbocycles. The summed E-state index contributed by atoms with van der Waals surface area (Å²) in [5.74, 6) is -0.186. The van der Waals surface area contributed by atoms with E-state index in [1.54, 1.807) is 0 Å². The van der Waals surface area contributed by atoms with Gasteiger partial charge in [-0.1, -0.05) is 66.7 Å². The van der Waals surface area contributed by atoms with Crippen LogP contribution in [0.25, 0.3) is 6.08 Å². The maximum atomic E-state index is 11.2. The smallest absolute Gasteiger partial charge is 0.309 e. The van der Waals surface area contributed by atoms with E-state index in [1.807, 2.05) is 25.1 Å². The third kappa shape index (κ3) is 5.27. The van der Waals surface area contributed by atoms with Crippen LogP contribution in [-0.4, -0.2) is 12.6 Å². The second-order valence-corrected chi connectivity index (χ2v) is 4.82. The molecule has 2 aromatic carbocycles. The molecule has 0 amide bonds. The highest BCUT2D eigenvalue weighted by atomic mass is 16.5. The fourth-order valence-electron chi connectivity index (χ4n) is 2.09. The van der Waals surface area contributed by atoms with Crippen molar-refractivity contribution in [2.24, 2.45) is 0 Å². The fraction of sp³-hybridized carbons (Fsp3) is 0.211. The number of rotatable bonds is 6. The third-order valence-electron chi connectivity index (χ3n) is 3.13. The summed E-state index contributed by atoms with van der Waals surface area (Å²) in [5.41, 5.74) is 3.68. The first kappa shape index (κ1) is 15.0. The molecule has 0 bridgehead atoms. The van der Waals surface area contributed by atoms with E-state index in [4.69, 9.17) is 4.74 Å². The minimum absolute atomic E-state index is 0.186. The Morgan fingerprint density at radius 2 is 1.67 bits per heavy atom. The van der Waals surface area contributed by atoms with Crippen molar-refractivity contribution in [3.05, 3.63) is 77.4 Å². The second kappa shape index (κ2) is 8.05. The number of esters is 1. The molecule has 0 aromatic heterocycles. The van der Waals surface area contributed by atoms with E-state index in [2.05, 4.69) is 48.5 Å². The van der Waals surface area contributed by atoms with Gasteiger partial charge in [-0.15, -0.1) is 0 Å². The lowest BCUT2D eigenvalue weighted by Gasteiger charge is -2.02. The van der Waals surface area contributed by atoms with E-state index in [0.29, 0.717) is 13.0 Å². The summed E-state index contributed by atoms with van der Waals surface area (Å²) in [6.45, 7) is 2.24. The summed E-state index contributed by atoms with van der Waals surface area (Å²) < 4.78 is 4.88. The maximum absolute atomic E-state index is 11.2. The molecule has 0 aliphatic carbocycles. The minimum atomic E-state index is -0.186. The van der Waals surface area contributed by atoms with Crippen LogP contribution in [0.2, 0.25) is 0 Å². The van der Waals surface area contributed by atoms with Crippen LogP contribution in [0, 0.1) is 0 Å². The van der Waals surface area contributed by atoms with Crippen molar-refractivity contribution in [1.82, 2.24) is 0 Å². The minimum Gasteiger partial charge on any atom is -0.466 e. The predicted octanol–water partition coefficient (Wildman–Crippen LogP) is 4.24. The monoisotopic (exact) mass is 280 g/mol. The predicted molar refractivity (Wildman–Crippen MR) is 86.0 cm³/mol. The van der Waals surface area contributed by atoms with Crippen molar-refractivity contribution in [3.63, 3.8) is 0 Å². The number of benzene rings is 2. The summed E-state index contributed by atoms with van der Waals surface area (Å²) >= 11 is 0. The van der Waals surface area contributed by atoms with Crippen molar-refractivity contribution in [2.45, 2.75) is 19.8 Å². The maximum Gasteiger partial charge on any atom is 0.309 e. The van der Waals surface area contributed by atoms with Crippen molar-refractivity contribution >= 4 is 12.0 Å². The summed E-state index contributed by atoms with van der Waals surface area (Å²) in [6, 6.07) is 18.8. The van der Waals surface area contributed by atoms with Crippen LogP contribution in [0.4, 0.5) is 0 Å². The molecule has 0 atom stereocenters. The standard InChI is InChI=1S/C19H20O2/c1-2-21-19(20)10-6-9-16-11-13-18(14-12-16)15-17-7-4-3-5-8-17/h3-9,11-14H,2,10,15H2,1H3. The van der Waals surface area contributed by atoms with Crippen LogP contribution >= 0.6 is 0 Å². The number of hydrogen-bond acceptors (Lipinski definition) is 2. The van der Waals surface area contributed by atoms with E-state index >= 15 is 0 Å². The van der Waals surface area contributed by atoms with Crippen molar-refractivity contribution < 1.29 is 9.53 Å². The highest BCUT2D eigenvalue weighted by molar-refractivity contribution is 5.72. The summed E-state index contributed by atoms with van der Waals surface area (Å²) in [6.07, 6.45) is 5.04. The Labute approximate surface area is 126 Å². The number of carbonyl (C=O) groups excluding carboxylic acids is 1. The van der Waals surface area contributed by atoms with Gasteiger partial charge in [0.05, 0.1) is 13.0 Å². The van der Waals surface area contributed by atoms with Gasteiger partial charge in [-0.25, -0.2) is 0 Å². The van der Waals surface area contributed by atoms with Gasteiger partial charge in [0.15, 0.2) is 0 Å². The van der Waals surface area contributed by atoms with Crippen LogP contribution < -0.4 is 0 Å². The Kier molecular flexibility index (Phi) is 5.77. The quantitative estimate of drug-likeness (QED) is 0.740. The van der Waals surface area contributed by atoms with Gasteiger partial charge in [0.2, 0.25) is 0 Å². The van der Waals surface area contributed by atoms with Gasteiger partial charge in [0.1, 0.15) is 0 Å². The highest BCUT2D eigenvalue weighted by Crippen LogP contribution is 2.11. The first-order valence-corrected chi connectivity index (χ1v) is 7.23. The summed E-state index contributed by atoms with van der Waals surface area (Å²) in [5, 5.41) is 0. The van der Waals surface area contributed by atoms with Crippen LogP contribution in [0.5, 0.6) is 0 Å². The SMILES string of the molecule is CCOC(=O)CC=Cc1ccc(Cc2ccccc2)cc1. The Hall–Kier alpha value is -2.35. The molecule has 0 unspecified atom stereocenters. The molecule has 2 heteroatoms. The molecular weight excluding hydrogens is 260 g/mol. The van der Waals surface area contributed by atoms with Gasteiger partial charge in [-0.3, -0.25) is 4.79 Å². The molecule has 0 spiro atoms. The van der Waals surface area contributed by atoms with Crippen molar-refractivity contribution in [2.75, 3.05) is 6.61 Å². The molecule has 2 aromatic rings. The zero-order valence-corrected chi connectivity index (χ0v) is 12.3. The van der Waals surface area contributed by atoms with Gasteiger partial charge in [0, 0.05) is 0 Å². The Morgan fingerprint density at radius 1 is 1.00 bits per heavy atom. The lowest BCUT2D eigenvalue weighted by Crippen LogP contribution is -2.01. The molecule has 0 heterocycles. The summed E-state index contributed by atoms with van der Waals surface area (Å²) in [7, 11) is 0. The molecule has 0 fully saturated rings. The molecule has 0 N–H and O–H groups in total. The highest BCUT2D eigenvalue weighted by Gasteiger charge is 1.97. The molecule has 2 rings (SSSR count). The summed E-state index contributed by atoms with van der Waals surface area (Å²) in [4.78, 5) is 11.2. The Balaban J connectivity index is 1.90. The Bertz CT molecular complexity index is 583. The normalized spacial score (nSPS) is 10.7. The Morgan fingerprint density at radius 3 is 2.33 bits per heavy atom. The average Bonchev–Trinajstić information content (AvgIpc) is 2.50. The average molecular weight is 280 g/mol. The first-order valence-electron chi connectivity index (χ1n) is 7.23. The van der Waals surface area contributed by atoms with E-state index < -0.39 is 0 Å². The van der Waals surface area contributed by atoms with Crippen LogP contribution in [-0.2, 0) is 16.0 Å². The van der Waals surface area contributed by atoms with Gasteiger partial charge in [0.25, 0.3) is 0 Å². The first-order chi connectivity index (χ1) is 10.3. The number of ether oxygens (including phenoxy) is 1. The van der Waals surface area contributed by atoms with Crippen LogP contribution in [0.3, 0.4) is 0 Å². The third-order valence-corrected chi connectivity index (χ3v) is 3.13. The van der Waals surface area contributed by atoms with Gasteiger partial charge in [-0.2, -0.15) is 0 Å². The molecule has 0 radical (unpaired) electrons.